The van der Waals surface area contributed by atoms with Gasteiger partial charge in [0, 0.05) is 5.69 Å². The van der Waals surface area contributed by atoms with Gasteiger partial charge in [0.1, 0.15) is 0 Å². The molecule has 0 bridgehead atoms. The molecule has 1 aromatic heterocycles. The summed E-state index contributed by atoms with van der Waals surface area (Å²) in [4.78, 5) is 4.75. The van der Waals surface area contributed by atoms with Crippen LogP contribution in [0.25, 0.3) is 11.1 Å². The van der Waals surface area contributed by atoms with Crippen molar-refractivity contribution in [3.8, 4) is 0 Å². The first-order chi connectivity index (χ1) is 7.00. The predicted octanol–water partition coefficient (Wildman–Crippen LogP) is 2.26. The molecule has 0 aliphatic heterocycles. The summed E-state index contributed by atoms with van der Waals surface area (Å²) < 4.78 is 0. The number of fused-ring (bicyclic) bond motifs is 1. The second-order valence-corrected chi connectivity index (χ2v) is 4.95. The molecule has 0 amide bonds. The maximum atomic E-state index is 4.75. The van der Waals surface area contributed by atoms with Gasteiger partial charge < -0.3 is 0 Å². The highest BCUT2D eigenvalue weighted by Crippen LogP contribution is 2.17. The molecule has 1 aliphatic rings. The van der Waals surface area contributed by atoms with E-state index in [-0.39, 0.29) is 0 Å². The summed E-state index contributed by atoms with van der Waals surface area (Å²) in [7, 11) is 0. The van der Waals surface area contributed by atoms with Gasteiger partial charge in [0.25, 0.3) is 0 Å². The van der Waals surface area contributed by atoms with E-state index >= 15 is 0 Å². The van der Waals surface area contributed by atoms with E-state index in [1.54, 1.807) is 0 Å². The van der Waals surface area contributed by atoms with Gasteiger partial charge in [0.15, 0.2) is 0 Å². The molecule has 80 valence electrons. The Labute approximate surface area is 91.6 Å². The number of aryl methyl sites for hydroxylation is 1. The van der Waals surface area contributed by atoms with E-state index in [2.05, 4.69) is 40.7 Å². The van der Waals surface area contributed by atoms with Gasteiger partial charge in [0.05, 0.1) is 5.35 Å². The highest BCUT2D eigenvalue weighted by Gasteiger charge is 2.11. The number of hydrogen-bond acceptors (Lipinski definition) is 1. The zero-order valence-electron chi connectivity index (χ0n) is 10.3. The third kappa shape index (κ3) is 1.60. The number of rotatable bonds is 1. The van der Waals surface area contributed by atoms with Crippen molar-refractivity contribution in [3.05, 3.63) is 27.9 Å². The summed E-state index contributed by atoms with van der Waals surface area (Å²) >= 11 is 0. The fourth-order valence-electron chi connectivity index (χ4n) is 2.43. The zero-order valence-corrected chi connectivity index (χ0v) is 10.3. The molecule has 1 aromatic rings. The summed E-state index contributed by atoms with van der Waals surface area (Å²) in [6.07, 6.45) is 1.10. The average Bonchev–Trinajstić information content (AvgIpc) is 2.41. The first-order valence-electron chi connectivity index (χ1n) is 5.68. The maximum absolute atomic E-state index is 4.75. The molecule has 1 heteroatoms. The van der Waals surface area contributed by atoms with E-state index in [1.807, 2.05) is 0 Å². The van der Waals surface area contributed by atoms with E-state index in [0.717, 1.165) is 6.42 Å². The lowest BCUT2D eigenvalue weighted by Gasteiger charge is -2.08. The maximum Gasteiger partial charge on any atom is 0.0697 e. The lowest BCUT2D eigenvalue weighted by Crippen LogP contribution is -2.29. The van der Waals surface area contributed by atoms with E-state index in [4.69, 9.17) is 4.98 Å². The van der Waals surface area contributed by atoms with Crippen LogP contribution in [0, 0.1) is 6.92 Å². The fourth-order valence-corrected chi connectivity index (χ4v) is 2.43. The van der Waals surface area contributed by atoms with E-state index in [1.165, 1.54) is 33.0 Å². The largest absolute Gasteiger partial charge is 0.253 e. The number of pyridine rings is 1. The van der Waals surface area contributed by atoms with Crippen molar-refractivity contribution in [3.63, 3.8) is 0 Å². The van der Waals surface area contributed by atoms with Crippen LogP contribution in [0.15, 0.2) is 6.07 Å². The Kier molecular flexibility index (Phi) is 2.41. The number of nitrogens with zero attached hydrogens (tertiary/aromatic N) is 1. The highest BCUT2D eigenvalue weighted by molar-refractivity contribution is 5.64. The standard InChI is InChI=1S/C14H19N/c1-8(2)12-7-13-9(3)6-10(4)14(13)15-11(12)5/h7-8H,6H2,1-5H3. The number of hydrogen-bond donors (Lipinski definition) is 0. The van der Waals surface area contributed by atoms with Crippen LogP contribution >= 0.6 is 0 Å². The Bertz CT molecular complexity index is 521. The van der Waals surface area contributed by atoms with Gasteiger partial charge in [-0.05, 0) is 55.5 Å². The Balaban J connectivity index is 2.82. The van der Waals surface area contributed by atoms with Crippen molar-refractivity contribution < 1.29 is 0 Å². The Morgan fingerprint density at radius 2 is 1.80 bits per heavy atom. The van der Waals surface area contributed by atoms with Gasteiger partial charge in [-0.1, -0.05) is 19.4 Å². The molecule has 0 spiro atoms. The quantitative estimate of drug-likeness (QED) is 0.679. The van der Waals surface area contributed by atoms with E-state index < -0.39 is 0 Å². The molecule has 0 saturated heterocycles. The Morgan fingerprint density at radius 3 is 2.40 bits per heavy atom. The lowest BCUT2D eigenvalue weighted by atomic mass is 10.0. The van der Waals surface area contributed by atoms with Crippen molar-refractivity contribution in [1.29, 1.82) is 0 Å². The summed E-state index contributed by atoms with van der Waals surface area (Å²) in [6, 6.07) is 2.34. The van der Waals surface area contributed by atoms with Crippen LogP contribution in [0.1, 0.15) is 51.3 Å². The molecule has 1 nitrogen and oxygen atoms in total. The van der Waals surface area contributed by atoms with Gasteiger partial charge in [0.2, 0.25) is 0 Å². The normalized spacial score (nSPS) is 15.1. The van der Waals surface area contributed by atoms with Gasteiger partial charge in [-0.15, -0.1) is 0 Å². The minimum absolute atomic E-state index is 0.566. The average molecular weight is 201 g/mol. The van der Waals surface area contributed by atoms with Crippen molar-refractivity contribution in [2.24, 2.45) is 0 Å². The summed E-state index contributed by atoms with van der Waals surface area (Å²) in [5.41, 5.74) is 5.47. The van der Waals surface area contributed by atoms with Crippen molar-refractivity contribution >= 4 is 11.1 Å². The van der Waals surface area contributed by atoms with Gasteiger partial charge in [-0.3, -0.25) is 4.98 Å². The highest BCUT2D eigenvalue weighted by atomic mass is 14.7. The van der Waals surface area contributed by atoms with Crippen LogP contribution in [0.5, 0.6) is 0 Å². The number of aromatic nitrogens is 1. The lowest BCUT2D eigenvalue weighted by molar-refractivity contribution is 0.836. The van der Waals surface area contributed by atoms with E-state index in [0.29, 0.717) is 5.92 Å². The molecule has 2 rings (SSSR count). The SMILES string of the molecule is CC1=c2cc(C(C)C)c(C)nc2=C(C)C1. The van der Waals surface area contributed by atoms with Gasteiger partial charge >= 0.3 is 0 Å². The molecule has 1 aliphatic carbocycles. The summed E-state index contributed by atoms with van der Waals surface area (Å²) in [5.74, 6) is 0.566. The topological polar surface area (TPSA) is 12.9 Å². The van der Waals surface area contributed by atoms with Crippen molar-refractivity contribution in [1.82, 2.24) is 4.98 Å². The van der Waals surface area contributed by atoms with Gasteiger partial charge in [-0.25, -0.2) is 0 Å². The molecular formula is C14H19N. The summed E-state index contributed by atoms with van der Waals surface area (Å²) in [6.45, 7) is 11.0. The zero-order chi connectivity index (χ0) is 11.2. The minimum atomic E-state index is 0.566. The van der Waals surface area contributed by atoms with Crippen LogP contribution in [0.2, 0.25) is 0 Å². The first kappa shape index (κ1) is 10.4. The molecule has 0 radical (unpaired) electrons. The van der Waals surface area contributed by atoms with Crippen LogP contribution in [0.4, 0.5) is 0 Å². The van der Waals surface area contributed by atoms with Crippen molar-refractivity contribution in [2.75, 3.05) is 0 Å². The third-order valence-electron chi connectivity index (χ3n) is 3.27. The molecule has 0 saturated carbocycles. The smallest absolute Gasteiger partial charge is 0.0697 e. The molecule has 15 heavy (non-hydrogen) atoms. The van der Waals surface area contributed by atoms with Crippen LogP contribution < -0.4 is 10.6 Å². The molecular weight excluding hydrogens is 182 g/mol. The Hall–Kier alpha value is -1.11. The summed E-state index contributed by atoms with van der Waals surface area (Å²) in [5, 5.41) is 2.61. The fraction of sp³-hybridized carbons (Fsp3) is 0.500. The monoisotopic (exact) mass is 201 g/mol. The molecule has 1 heterocycles. The van der Waals surface area contributed by atoms with Crippen LogP contribution in [0.3, 0.4) is 0 Å². The molecule has 0 fully saturated rings. The first-order valence-corrected chi connectivity index (χ1v) is 5.68. The molecule has 0 aromatic carbocycles. The van der Waals surface area contributed by atoms with Crippen molar-refractivity contribution in [2.45, 2.75) is 47.0 Å². The molecule has 0 atom stereocenters. The Morgan fingerprint density at radius 1 is 1.13 bits per heavy atom. The third-order valence-corrected chi connectivity index (χ3v) is 3.27. The van der Waals surface area contributed by atoms with E-state index in [9.17, 15) is 0 Å². The molecule has 0 N–H and O–H groups in total. The molecule has 0 unspecified atom stereocenters. The van der Waals surface area contributed by atoms with Gasteiger partial charge in [-0.2, -0.15) is 0 Å². The van der Waals surface area contributed by atoms with Crippen LogP contribution in [-0.4, -0.2) is 4.98 Å². The second-order valence-electron chi connectivity index (χ2n) is 4.95. The predicted molar refractivity (Wildman–Crippen MR) is 65.1 cm³/mol. The second kappa shape index (κ2) is 3.48. The van der Waals surface area contributed by atoms with Crippen LogP contribution in [-0.2, 0) is 0 Å². The minimum Gasteiger partial charge on any atom is -0.253 e.